The minimum atomic E-state index is -1.11. The van der Waals surface area contributed by atoms with Crippen LogP contribution >= 0.6 is 23.4 Å². The lowest BCUT2D eigenvalue weighted by Gasteiger charge is -1.96. The number of aromatic carboxylic acids is 1. The van der Waals surface area contributed by atoms with Crippen LogP contribution in [0.5, 0.6) is 0 Å². The van der Waals surface area contributed by atoms with Crippen molar-refractivity contribution in [1.82, 2.24) is 4.98 Å². The SMILES string of the molecule is O=C(O)c1coc(Sc2cccc(Cl)c2)n1. The van der Waals surface area contributed by atoms with E-state index < -0.39 is 5.97 Å². The first-order valence-electron chi connectivity index (χ1n) is 4.27. The highest BCUT2D eigenvalue weighted by atomic mass is 35.5. The van der Waals surface area contributed by atoms with E-state index in [1.165, 1.54) is 11.8 Å². The van der Waals surface area contributed by atoms with Crippen LogP contribution in [0.25, 0.3) is 0 Å². The third-order valence-corrected chi connectivity index (χ3v) is 2.79. The summed E-state index contributed by atoms with van der Waals surface area (Å²) < 4.78 is 5.00. The van der Waals surface area contributed by atoms with Gasteiger partial charge in [0, 0.05) is 9.92 Å². The summed E-state index contributed by atoms with van der Waals surface area (Å²) in [5.41, 5.74) is -0.107. The van der Waals surface area contributed by atoms with Crippen molar-refractivity contribution in [2.45, 2.75) is 10.1 Å². The van der Waals surface area contributed by atoms with Gasteiger partial charge in [-0.3, -0.25) is 0 Å². The number of rotatable bonds is 3. The predicted octanol–water partition coefficient (Wildman–Crippen LogP) is 3.18. The first-order chi connectivity index (χ1) is 7.65. The van der Waals surface area contributed by atoms with Crippen LogP contribution in [0.3, 0.4) is 0 Å². The largest absolute Gasteiger partial charge is 0.476 e. The lowest BCUT2D eigenvalue weighted by atomic mass is 10.4. The van der Waals surface area contributed by atoms with Gasteiger partial charge >= 0.3 is 5.97 Å². The van der Waals surface area contributed by atoms with Crippen LogP contribution in [-0.4, -0.2) is 16.1 Å². The summed E-state index contributed by atoms with van der Waals surface area (Å²) in [4.78, 5) is 15.2. The molecular formula is C10H6ClNO3S. The third kappa shape index (κ3) is 2.56. The van der Waals surface area contributed by atoms with Gasteiger partial charge in [0.1, 0.15) is 6.26 Å². The molecule has 2 rings (SSSR count). The summed E-state index contributed by atoms with van der Waals surface area (Å²) in [6.45, 7) is 0. The van der Waals surface area contributed by atoms with E-state index in [0.29, 0.717) is 5.02 Å². The molecule has 0 unspecified atom stereocenters. The Labute approximate surface area is 100 Å². The molecule has 2 aromatic rings. The zero-order valence-corrected chi connectivity index (χ0v) is 9.46. The maximum Gasteiger partial charge on any atom is 0.357 e. The van der Waals surface area contributed by atoms with E-state index in [-0.39, 0.29) is 10.9 Å². The molecule has 1 N–H and O–H groups in total. The summed E-state index contributed by atoms with van der Waals surface area (Å²) in [5.74, 6) is -1.11. The molecule has 0 aliphatic rings. The number of halogens is 1. The van der Waals surface area contributed by atoms with Crippen LogP contribution in [0.15, 0.2) is 45.1 Å². The second-order valence-corrected chi connectivity index (χ2v) is 4.32. The van der Waals surface area contributed by atoms with Gasteiger partial charge in [0.25, 0.3) is 5.22 Å². The van der Waals surface area contributed by atoms with Gasteiger partial charge in [-0.05, 0) is 30.0 Å². The molecule has 0 aliphatic heterocycles. The minimum absolute atomic E-state index is 0.107. The van der Waals surface area contributed by atoms with Crippen molar-refractivity contribution in [3.05, 3.63) is 41.2 Å². The second kappa shape index (κ2) is 4.59. The molecule has 0 spiro atoms. The molecule has 0 saturated carbocycles. The van der Waals surface area contributed by atoms with Gasteiger partial charge in [-0.15, -0.1) is 0 Å². The van der Waals surface area contributed by atoms with E-state index in [1.807, 2.05) is 6.07 Å². The first kappa shape index (κ1) is 11.0. The average Bonchev–Trinajstić information content (AvgIpc) is 2.66. The molecule has 4 nitrogen and oxygen atoms in total. The fraction of sp³-hybridized carbons (Fsp3) is 0. The summed E-state index contributed by atoms with van der Waals surface area (Å²) in [6, 6.07) is 7.13. The Kier molecular flexibility index (Phi) is 3.17. The molecule has 1 aromatic heterocycles. The Morgan fingerprint density at radius 2 is 2.31 bits per heavy atom. The van der Waals surface area contributed by atoms with Gasteiger partial charge in [0.2, 0.25) is 0 Å². The lowest BCUT2D eigenvalue weighted by Crippen LogP contribution is -1.95. The van der Waals surface area contributed by atoms with Crippen LogP contribution in [-0.2, 0) is 0 Å². The topological polar surface area (TPSA) is 63.3 Å². The van der Waals surface area contributed by atoms with Gasteiger partial charge in [0.15, 0.2) is 5.69 Å². The Morgan fingerprint density at radius 3 is 2.94 bits per heavy atom. The standard InChI is InChI=1S/C10H6ClNO3S/c11-6-2-1-3-7(4-6)16-10-12-8(5-15-10)9(13)14/h1-5H,(H,13,14). The van der Waals surface area contributed by atoms with Crippen molar-refractivity contribution in [2.75, 3.05) is 0 Å². The van der Waals surface area contributed by atoms with Crippen molar-refractivity contribution in [3.63, 3.8) is 0 Å². The number of aromatic nitrogens is 1. The molecule has 0 radical (unpaired) electrons. The van der Waals surface area contributed by atoms with E-state index in [9.17, 15) is 4.79 Å². The molecule has 0 aliphatic carbocycles. The predicted molar refractivity (Wildman–Crippen MR) is 59.0 cm³/mol. The second-order valence-electron chi connectivity index (χ2n) is 2.86. The highest BCUT2D eigenvalue weighted by Gasteiger charge is 2.11. The molecule has 0 bridgehead atoms. The fourth-order valence-corrected chi connectivity index (χ4v) is 2.06. The number of carboxylic acids is 1. The molecule has 0 atom stereocenters. The maximum atomic E-state index is 10.6. The Balaban J connectivity index is 2.17. The van der Waals surface area contributed by atoms with Crippen LogP contribution in [0.4, 0.5) is 0 Å². The smallest absolute Gasteiger partial charge is 0.357 e. The van der Waals surface area contributed by atoms with Gasteiger partial charge < -0.3 is 9.52 Å². The number of hydrogen-bond donors (Lipinski definition) is 1. The quantitative estimate of drug-likeness (QED) is 0.913. The van der Waals surface area contributed by atoms with Crippen molar-refractivity contribution >= 4 is 29.3 Å². The normalized spacial score (nSPS) is 10.3. The average molecular weight is 256 g/mol. The van der Waals surface area contributed by atoms with Crippen LogP contribution in [0, 0.1) is 0 Å². The highest BCUT2D eigenvalue weighted by Crippen LogP contribution is 2.28. The van der Waals surface area contributed by atoms with Crippen molar-refractivity contribution in [2.24, 2.45) is 0 Å². The first-order valence-corrected chi connectivity index (χ1v) is 5.47. The van der Waals surface area contributed by atoms with Crippen molar-refractivity contribution < 1.29 is 14.3 Å². The minimum Gasteiger partial charge on any atom is -0.476 e. The zero-order chi connectivity index (χ0) is 11.5. The third-order valence-electron chi connectivity index (χ3n) is 1.70. The fourth-order valence-electron chi connectivity index (χ4n) is 1.03. The molecule has 0 saturated heterocycles. The summed E-state index contributed by atoms with van der Waals surface area (Å²) in [6.07, 6.45) is 1.11. The van der Waals surface area contributed by atoms with Crippen molar-refractivity contribution in [1.29, 1.82) is 0 Å². The van der Waals surface area contributed by atoms with E-state index in [2.05, 4.69) is 4.98 Å². The summed E-state index contributed by atoms with van der Waals surface area (Å²) in [7, 11) is 0. The molecule has 0 fully saturated rings. The van der Waals surface area contributed by atoms with Gasteiger partial charge in [0.05, 0.1) is 0 Å². The van der Waals surface area contributed by atoms with Crippen molar-refractivity contribution in [3.8, 4) is 0 Å². The zero-order valence-electron chi connectivity index (χ0n) is 7.88. The van der Waals surface area contributed by atoms with Crippen LogP contribution in [0.1, 0.15) is 10.5 Å². The summed E-state index contributed by atoms with van der Waals surface area (Å²) in [5, 5.41) is 9.54. The Hall–Kier alpha value is -1.46. The number of benzene rings is 1. The molecular weight excluding hydrogens is 250 g/mol. The lowest BCUT2D eigenvalue weighted by molar-refractivity contribution is 0.0690. The number of carbonyl (C=O) groups is 1. The monoisotopic (exact) mass is 255 g/mol. The van der Waals surface area contributed by atoms with Crippen LogP contribution < -0.4 is 0 Å². The van der Waals surface area contributed by atoms with E-state index >= 15 is 0 Å². The van der Waals surface area contributed by atoms with Gasteiger partial charge in [-0.2, -0.15) is 4.98 Å². The molecule has 0 amide bonds. The van der Waals surface area contributed by atoms with Crippen LogP contribution in [0.2, 0.25) is 5.02 Å². The Morgan fingerprint density at radius 1 is 1.50 bits per heavy atom. The number of nitrogens with zero attached hydrogens (tertiary/aromatic N) is 1. The maximum absolute atomic E-state index is 10.6. The van der Waals surface area contributed by atoms with E-state index in [0.717, 1.165) is 11.2 Å². The van der Waals surface area contributed by atoms with E-state index in [4.69, 9.17) is 21.1 Å². The molecule has 82 valence electrons. The molecule has 1 heterocycles. The van der Waals surface area contributed by atoms with E-state index in [1.54, 1.807) is 18.2 Å². The number of carboxylic acid groups (broad SMARTS) is 1. The van der Waals surface area contributed by atoms with Gasteiger partial charge in [-0.25, -0.2) is 4.79 Å². The van der Waals surface area contributed by atoms with Gasteiger partial charge in [-0.1, -0.05) is 17.7 Å². The number of oxazole rings is 1. The molecule has 1 aromatic carbocycles. The summed E-state index contributed by atoms with van der Waals surface area (Å²) >= 11 is 7.02. The molecule has 6 heteroatoms. The highest BCUT2D eigenvalue weighted by molar-refractivity contribution is 7.99. The molecule has 16 heavy (non-hydrogen) atoms. The number of hydrogen-bond acceptors (Lipinski definition) is 4. The Bertz CT molecular complexity index is 526.